The van der Waals surface area contributed by atoms with Crippen LogP contribution in [0.25, 0.3) is 0 Å². The Labute approximate surface area is 371 Å². The highest BCUT2D eigenvalue weighted by Crippen LogP contribution is 2.24. The van der Waals surface area contributed by atoms with E-state index in [0.29, 0.717) is 12.8 Å². The summed E-state index contributed by atoms with van der Waals surface area (Å²) in [6.07, 6.45) is 35.7. The Kier molecular flexibility index (Phi) is 40.9. The molecule has 0 aromatic carbocycles. The van der Waals surface area contributed by atoms with Crippen molar-refractivity contribution in [1.82, 2.24) is 0 Å². The maximum Gasteiger partial charge on any atom is 0.349 e. The molecule has 0 fully saturated rings. The van der Waals surface area contributed by atoms with Crippen LogP contribution in [0, 0.1) is 0 Å². The monoisotopic (exact) mass is 883 g/mol. The van der Waals surface area contributed by atoms with Gasteiger partial charge in [0.15, 0.2) is 6.10 Å². The highest BCUT2D eigenvalue weighted by molar-refractivity contribution is 5.92. The fourth-order valence-corrected chi connectivity index (χ4v) is 6.11. The summed E-state index contributed by atoms with van der Waals surface area (Å²) < 4.78 is 14.5. The Hall–Kier alpha value is -4.04. The van der Waals surface area contributed by atoms with Crippen molar-refractivity contribution in [2.24, 2.45) is 0 Å². The van der Waals surface area contributed by atoms with E-state index in [1.165, 1.54) is 89.9 Å². The molecule has 0 aliphatic carbocycles. The third-order valence-corrected chi connectivity index (χ3v) is 9.82. The highest BCUT2D eigenvalue weighted by Gasteiger charge is 2.48. The molecule has 0 aromatic rings. The maximum atomic E-state index is 12.5. The van der Waals surface area contributed by atoms with E-state index in [2.05, 4.69) is 55.0 Å². The van der Waals surface area contributed by atoms with E-state index in [9.17, 15) is 39.0 Å². The number of carbonyl (C=O) groups is 6. The van der Waals surface area contributed by atoms with Gasteiger partial charge in [0.1, 0.15) is 12.7 Å². The third-order valence-electron chi connectivity index (χ3n) is 9.82. The second-order valence-electron chi connectivity index (χ2n) is 15.8. The lowest BCUT2D eigenvalue weighted by Gasteiger charge is -2.28. The fraction of sp³-hybridized carbons (Fsp3) is 0.750. The summed E-state index contributed by atoms with van der Waals surface area (Å²) in [6, 6.07) is 0. The average molecular weight is 883 g/mol. The van der Waals surface area contributed by atoms with E-state index < -0.39 is 79.7 Å². The first-order chi connectivity index (χ1) is 29.7. The van der Waals surface area contributed by atoms with Gasteiger partial charge in [0.25, 0.3) is 0 Å². The van der Waals surface area contributed by atoms with E-state index in [0.717, 1.165) is 64.7 Å². The Balaban J connectivity index is 0. The Bertz CT molecular complexity index is 1280. The molecule has 0 spiro atoms. The van der Waals surface area contributed by atoms with Crippen LogP contribution in [-0.2, 0) is 43.0 Å². The van der Waals surface area contributed by atoms with E-state index in [1.807, 2.05) is 0 Å². The van der Waals surface area contributed by atoms with Crippen molar-refractivity contribution in [1.29, 1.82) is 0 Å². The van der Waals surface area contributed by atoms with Crippen molar-refractivity contribution in [3.63, 3.8) is 0 Å². The molecule has 0 aromatic heterocycles. The van der Waals surface area contributed by atoms with Gasteiger partial charge in [-0.15, -0.1) is 0 Å². The number of allylic oxidation sites excluding steroid dienone is 6. The van der Waals surface area contributed by atoms with Gasteiger partial charge in [-0.2, -0.15) is 0 Å². The number of carboxylic acids is 3. The minimum absolute atomic E-state index is 0.0286. The summed E-state index contributed by atoms with van der Waals surface area (Å²) >= 11 is 0. The van der Waals surface area contributed by atoms with E-state index in [4.69, 9.17) is 24.8 Å². The predicted molar refractivity (Wildman–Crippen MR) is 239 cm³/mol. The molecule has 0 saturated carbocycles. The summed E-state index contributed by atoms with van der Waals surface area (Å²) in [5.74, 6) is -7.62. The number of ether oxygens (including phenoxy) is 3. The Morgan fingerprint density at radius 3 is 1.45 bits per heavy atom. The number of aliphatic hydroxyl groups excluding tert-OH is 2. The molecule has 0 aliphatic heterocycles. The van der Waals surface area contributed by atoms with Crippen LogP contribution in [0.3, 0.4) is 0 Å². The van der Waals surface area contributed by atoms with Gasteiger partial charge in [-0.3, -0.25) is 19.2 Å². The van der Waals surface area contributed by atoms with Crippen LogP contribution >= 0.6 is 0 Å². The number of aliphatic hydroxyl groups is 2. The molecule has 0 radical (unpaired) electrons. The lowest BCUT2D eigenvalue weighted by atomic mass is 9.95. The molecule has 3 unspecified atom stereocenters. The van der Waals surface area contributed by atoms with Crippen LogP contribution in [0.15, 0.2) is 36.5 Å². The molecule has 14 nitrogen and oxygen atoms in total. The molecule has 0 bridgehead atoms. The molecule has 0 saturated heterocycles. The third kappa shape index (κ3) is 38.9. The van der Waals surface area contributed by atoms with Gasteiger partial charge in [-0.05, 0) is 77.6 Å². The van der Waals surface area contributed by atoms with Crippen molar-refractivity contribution in [3.05, 3.63) is 36.5 Å². The van der Waals surface area contributed by atoms with Crippen LogP contribution in [0.2, 0.25) is 0 Å². The van der Waals surface area contributed by atoms with Crippen LogP contribution in [-0.4, -0.2) is 92.4 Å². The number of carbonyl (C=O) groups excluding carboxylic acids is 3. The van der Waals surface area contributed by atoms with Gasteiger partial charge in [-0.25, -0.2) is 9.59 Å². The normalized spacial score (nSPS) is 13.3. The van der Waals surface area contributed by atoms with E-state index >= 15 is 0 Å². The molecular weight excluding hydrogens is 801 g/mol. The van der Waals surface area contributed by atoms with Crippen LogP contribution in [0.1, 0.15) is 201 Å². The molecule has 62 heavy (non-hydrogen) atoms. The van der Waals surface area contributed by atoms with E-state index in [1.54, 1.807) is 0 Å². The zero-order chi connectivity index (χ0) is 46.7. The van der Waals surface area contributed by atoms with Crippen LogP contribution in [0.4, 0.5) is 0 Å². The van der Waals surface area contributed by atoms with Crippen molar-refractivity contribution in [2.75, 3.05) is 13.2 Å². The number of hydrogen-bond acceptors (Lipinski definition) is 11. The SMILES string of the molecule is CCCCC/C=C\C/C=C\CCCCCCCC(=O)OC(C)C(=O)OC(CC(=O)O)(CC(=O)OCC(O)CO)C(=O)O.CCCCCCCC/C=C\CCCCCCCC(=O)O. The molecule has 3 atom stereocenters. The van der Waals surface area contributed by atoms with Crippen LogP contribution in [0.5, 0.6) is 0 Å². The summed E-state index contributed by atoms with van der Waals surface area (Å²) in [6.45, 7) is 4.17. The number of rotatable bonds is 40. The molecule has 0 aliphatic rings. The Morgan fingerprint density at radius 1 is 0.548 bits per heavy atom. The molecular formula is C48H82O14. The number of carboxylic acid groups (broad SMARTS) is 3. The number of esters is 3. The van der Waals surface area contributed by atoms with Gasteiger partial charge >= 0.3 is 35.8 Å². The topological polar surface area (TPSA) is 231 Å². The minimum Gasteiger partial charge on any atom is -0.481 e. The first kappa shape index (κ1) is 60.0. The predicted octanol–water partition coefficient (Wildman–Crippen LogP) is 9.97. The molecule has 5 N–H and O–H groups in total. The Morgan fingerprint density at radius 2 is 0.984 bits per heavy atom. The number of hydrogen-bond donors (Lipinski definition) is 5. The fourth-order valence-electron chi connectivity index (χ4n) is 6.11. The van der Waals surface area contributed by atoms with Gasteiger partial charge in [0.05, 0.1) is 19.4 Å². The lowest BCUT2D eigenvalue weighted by molar-refractivity contribution is -0.194. The smallest absolute Gasteiger partial charge is 0.349 e. The molecule has 358 valence electrons. The van der Waals surface area contributed by atoms with Gasteiger partial charge < -0.3 is 39.7 Å². The quantitative estimate of drug-likeness (QED) is 0.0167. The summed E-state index contributed by atoms with van der Waals surface area (Å²) in [5, 5.41) is 45.3. The standard InChI is InChI=1S/C30H48O12.C18H34O2/c1-3-4-5-6-7-8-9-10-11-12-13-14-15-16-17-18-26(35)41-23(2)28(37)42-30(29(38)39,19-25(33)34)20-27(36)40-22-24(32)21-31;1-2-3-4-5-6-7-8-9-10-11-12-13-14-15-16-17-18(19)20/h7-8,10-11,23-24,31-32H,3-6,9,12-22H2,1-2H3,(H,33,34)(H,38,39);9-10H,2-8,11-17H2,1H3,(H,19,20)/b8-7-,11-10-;10-9-. The van der Waals surface area contributed by atoms with E-state index in [-0.39, 0.29) is 6.42 Å². The van der Waals surface area contributed by atoms with Gasteiger partial charge in [0, 0.05) is 12.8 Å². The first-order valence-electron chi connectivity index (χ1n) is 23.2. The maximum absolute atomic E-state index is 12.5. The molecule has 0 rings (SSSR count). The van der Waals surface area contributed by atoms with Gasteiger partial charge in [-0.1, -0.05) is 134 Å². The molecule has 0 amide bonds. The van der Waals surface area contributed by atoms with Crippen molar-refractivity contribution < 1.29 is 68.5 Å². The van der Waals surface area contributed by atoms with Gasteiger partial charge in [0.2, 0.25) is 5.60 Å². The second-order valence-corrected chi connectivity index (χ2v) is 15.8. The summed E-state index contributed by atoms with van der Waals surface area (Å²) in [4.78, 5) is 70.2. The zero-order valence-corrected chi connectivity index (χ0v) is 38.2. The molecule has 14 heteroatoms. The molecule has 0 heterocycles. The minimum atomic E-state index is -2.84. The summed E-state index contributed by atoms with van der Waals surface area (Å²) in [5.41, 5.74) is -2.84. The largest absolute Gasteiger partial charge is 0.481 e. The van der Waals surface area contributed by atoms with Crippen molar-refractivity contribution in [2.45, 2.75) is 218 Å². The number of aliphatic carboxylic acids is 3. The summed E-state index contributed by atoms with van der Waals surface area (Å²) in [7, 11) is 0. The highest BCUT2D eigenvalue weighted by atomic mass is 16.6. The first-order valence-corrected chi connectivity index (χ1v) is 23.2. The lowest BCUT2D eigenvalue weighted by Crippen LogP contribution is -2.49. The zero-order valence-electron chi connectivity index (χ0n) is 38.2. The van der Waals surface area contributed by atoms with Crippen LogP contribution < -0.4 is 0 Å². The van der Waals surface area contributed by atoms with Crippen molar-refractivity contribution in [3.8, 4) is 0 Å². The average Bonchev–Trinajstić information content (AvgIpc) is 3.22. The van der Waals surface area contributed by atoms with Crippen molar-refractivity contribution >= 4 is 35.8 Å². The second kappa shape index (κ2) is 42.3. The number of unbranched alkanes of at least 4 members (excludes halogenated alkanes) is 19.